The van der Waals surface area contributed by atoms with Crippen LogP contribution >= 0.6 is 10.0 Å². The third-order valence-corrected chi connectivity index (χ3v) is 21.4. The molecule has 0 aliphatic heterocycles. The molecule has 0 atom stereocenters. The Kier molecular flexibility index (Phi) is 13.0. The molecule has 410 valence electrons. The number of allylic oxidation sites excluding steroid dienone is 1. The van der Waals surface area contributed by atoms with Crippen molar-refractivity contribution in [3.8, 4) is 67.0 Å². The summed E-state index contributed by atoms with van der Waals surface area (Å²) in [6, 6.07) is 126. The minimum Gasteiger partial charge on any atom is -0.312 e. The van der Waals surface area contributed by atoms with E-state index in [0.29, 0.717) is 0 Å². The third kappa shape index (κ3) is 9.01. The van der Waals surface area contributed by atoms with Gasteiger partial charge in [-0.2, -0.15) is 0 Å². The summed E-state index contributed by atoms with van der Waals surface area (Å²) < 4.78 is 5.11. The van der Waals surface area contributed by atoms with E-state index in [1.54, 1.807) is 0 Å². The zero-order valence-electron chi connectivity index (χ0n) is 47.9. The van der Waals surface area contributed by atoms with Crippen molar-refractivity contribution in [2.75, 3.05) is 0 Å². The number of nitrogens with zero attached hydrogens (tertiary/aromatic N) is 2. The molecule has 3 heteroatoms. The minimum absolute atomic E-state index is 0.843. The summed E-state index contributed by atoms with van der Waals surface area (Å²) in [7, 11) is -2.35. The quantitative estimate of drug-likeness (QED) is 0.115. The Bertz CT molecular complexity index is 4870. The van der Waals surface area contributed by atoms with Gasteiger partial charge in [-0.1, -0.05) is 231 Å². The molecule has 0 N–H and O–H groups in total. The summed E-state index contributed by atoms with van der Waals surface area (Å²) in [5.41, 5.74) is 22.4. The Labute approximate surface area is 510 Å². The first kappa shape index (κ1) is 51.7. The Morgan fingerprint density at radius 1 is 0.310 bits per heavy atom. The summed E-state index contributed by atoms with van der Waals surface area (Å²) in [6.07, 6.45) is 4.24. The molecule has 2 heterocycles. The molecule has 87 heavy (non-hydrogen) atoms. The fourth-order valence-electron chi connectivity index (χ4n) is 13.6. The molecule has 0 spiro atoms. The number of benzene rings is 12. The van der Waals surface area contributed by atoms with Crippen molar-refractivity contribution >= 4 is 54.4 Å². The predicted molar refractivity (Wildman–Crippen MR) is 365 cm³/mol. The van der Waals surface area contributed by atoms with Gasteiger partial charge in [0.2, 0.25) is 0 Å². The average Bonchev–Trinajstić information content (AvgIpc) is 1.77. The normalized spacial score (nSPS) is 12.4. The highest BCUT2D eigenvalue weighted by Gasteiger charge is 2.37. The van der Waals surface area contributed by atoms with E-state index in [9.17, 15) is 0 Å². The number of para-hydroxylation sites is 1. The lowest BCUT2D eigenvalue weighted by molar-refractivity contribution is 0.898. The minimum atomic E-state index is -2.35. The molecule has 2 nitrogen and oxygen atoms in total. The first-order chi connectivity index (χ1) is 43.2. The van der Waals surface area contributed by atoms with Crippen LogP contribution < -0.4 is 0 Å². The van der Waals surface area contributed by atoms with E-state index in [4.69, 9.17) is 0 Å². The summed E-state index contributed by atoms with van der Waals surface area (Å²) in [4.78, 5) is 4.97. The molecule has 0 saturated heterocycles. The highest BCUT2D eigenvalue weighted by molar-refractivity contribution is 8.34. The molecule has 0 fully saturated rings. The van der Waals surface area contributed by atoms with E-state index in [2.05, 4.69) is 343 Å². The van der Waals surface area contributed by atoms with E-state index in [-0.39, 0.29) is 0 Å². The zero-order chi connectivity index (χ0) is 57.7. The second-order valence-corrected chi connectivity index (χ2v) is 25.7. The van der Waals surface area contributed by atoms with Crippen LogP contribution in [-0.2, 0) is 6.42 Å². The van der Waals surface area contributed by atoms with E-state index in [0.717, 1.165) is 52.0 Å². The Hall–Kier alpha value is -10.9. The van der Waals surface area contributed by atoms with Gasteiger partial charge in [0.15, 0.2) is 0 Å². The zero-order valence-corrected chi connectivity index (χ0v) is 48.7. The van der Waals surface area contributed by atoms with Crippen molar-refractivity contribution in [3.63, 3.8) is 0 Å². The lowest BCUT2D eigenvalue weighted by Crippen LogP contribution is -2.10. The van der Waals surface area contributed by atoms with Gasteiger partial charge in [0, 0.05) is 69.4 Å². The van der Waals surface area contributed by atoms with Crippen molar-refractivity contribution in [1.29, 1.82) is 0 Å². The van der Waals surface area contributed by atoms with Crippen LogP contribution in [0.3, 0.4) is 0 Å². The van der Waals surface area contributed by atoms with Crippen molar-refractivity contribution in [3.05, 3.63) is 350 Å². The van der Waals surface area contributed by atoms with Crippen molar-refractivity contribution in [2.45, 2.75) is 32.4 Å². The number of fused-ring (bicyclic) bond motifs is 6. The fourth-order valence-corrected chi connectivity index (χ4v) is 17.6. The molecular formula is C84H58N2S. The van der Waals surface area contributed by atoms with Gasteiger partial charge in [-0.15, -0.1) is 10.0 Å². The maximum atomic E-state index is 3.71. The van der Waals surface area contributed by atoms with Crippen molar-refractivity contribution < 1.29 is 0 Å². The maximum Gasteiger partial charge on any atom is 0.0623 e. The van der Waals surface area contributed by atoms with Crippen LogP contribution in [0.1, 0.15) is 23.2 Å². The highest BCUT2D eigenvalue weighted by atomic mass is 32.3. The van der Waals surface area contributed by atoms with Crippen LogP contribution in [0.4, 0.5) is 0 Å². The fraction of sp³-hybridized carbons (Fsp3) is 0.0238. The lowest BCUT2D eigenvalue weighted by atomic mass is 9.91. The van der Waals surface area contributed by atoms with Gasteiger partial charge in [-0.25, -0.2) is 0 Å². The molecule has 2 aromatic heterocycles. The van der Waals surface area contributed by atoms with Gasteiger partial charge in [-0.05, 0) is 172 Å². The van der Waals surface area contributed by atoms with E-state index >= 15 is 0 Å². The van der Waals surface area contributed by atoms with Crippen molar-refractivity contribution in [1.82, 2.24) is 9.13 Å². The van der Waals surface area contributed by atoms with Gasteiger partial charge < -0.3 is 9.13 Å². The molecule has 1 aliphatic rings. The Balaban J connectivity index is 1.02. The largest absolute Gasteiger partial charge is 0.312 e. The van der Waals surface area contributed by atoms with Crippen molar-refractivity contribution in [2.24, 2.45) is 0 Å². The monoisotopic (exact) mass is 1130 g/mol. The lowest BCUT2D eigenvalue weighted by Gasteiger charge is -2.43. The van der Waals surface area contributed by atoms with Gasteiger partial charge in [0.05, 0.1) is 22.2 Å². The van der Waals surface area contributed by atoms with Gasteiger partial charge in [-0.3, -0.25) is 0 Å². The summed E-state index contributed by atoms with van der Waals surface area (Å²) in [5, 5.41) is 3.68. The second kappa shape index (κ2) is 21.9. The third-order valence-electron chi connectivity index (χ3n) is 17.6. The molecule has 15 aromatic rings. The second-order valence-electron chi connectivity index (χ2n) is 22.5. The smallest absolute Gasteiger partial charge is 0.0623 e. The number of hydrogen-bond acceptors (Lipinski definition) is 0. The number of rotatable bonds is 12. The Morgan fingerprint density at radius 2 is 0.816 bits per heavy atom. The average molecular weight is 1130 g/mol. The summed E-state index contributed by atoms with van der Waals surface area (Å²) >= 11 is 0. The maximum absolute atomic E-state index is 3.71. The summed E-state index contributed by atoms with van der Waals surface area (Å²) in [6.45, 7) is 0. The first-order valence-corrected chi connectivity index (χ1v) is 31.6. The van der Waals surface area contributed by atoms with E-state index in [1.165, 1.54) is 103 Å². The first-order valence-electron chi connectivity index (χ1n) is 30.0. The molecule has 1 aliphatic carbocycles. The van der Waals surface area contributed by atoms with Crippen LogP contribution in [0, 0.1) is 12.1 Å². The van der Waals surface area contributed by atoms with Crippen LogP contribution in [-0.4, -0.2) is 9.13 Å². The molecule has 0 saturated carbocycles. The molecule has 0 unspecified atom stereocenters. The van der Waals surface area contributed by atoms with Crippen LogP contribution in [0.25, 0.3) is 111 Å². The molecule has 13 aromatic carbocycles. The SMILES string of the molecule is c1cccc(-c2cc(S(c3ccccc3)(c3ccccc3)c3cc(-c4ccccc4)cc(-c4ccccc4)c3)cc(-c3ccccc3)c2-n2c3c(c4cc(-n5c6ccccc6c6cc(-c7ccccc7)ccc65)ccc42)C=C(c2ccccc2)CC3)c#1. The molecule has 0 amide bonds. The molecule has 16 rings (SSSR count). The van der Waals surface area contributed by atoms with Crippen LogP contribution in [0.15, 0.2) is 341 Å². The topological polar surface area (TPSA) is 9.86 Å². The summed E-state index contributed by atoms with van der Waals surface area (Å²) in [5.74, 6) is 0. The van der Waals surface area contributed by atoms with Gasteiger partial charge in [0.25, 0.3) is 0 Å². The Morgan fingerprint density at radius 3 is 1.43 bits per heavy atom. The standard InChI is InChI=1S/C84H58N2S/c1-9-27-59(28-10-1)65-45-48-81-77(54-65)74-43-25-26-44-80(74)85(81)69-47-50-83-79(56-69)78-55-66(60-29-11-2-12-30-60)46-49-82(78)86(83)84-75(63-35-17-5-18-36-63)57-73(58-76(84)64-37-19-6-20-38-64)87(70-39-21-7-22-40-70,71-41-23-8-24-42-71)72-52-67(61-31-13-3-14-32-61)51-68(53-72)62-33-15-4-16-34-62/h1-19,21-37,39-45,47-48,50-58H,46,49H2. The molecule has 0 radical (unpaired) electrons. The van der Waals surface area contributed by atoms with Gasteiger partial charge >= 0.3 is 0 Å². The van der Waals surface area contributed by atoms with E-state index < -0.39 is 10.0 Å². The number of aromatic nitrogens is 2. The van der Waals surface area contributed by atoms with E-state index in [1.807, 2.05) is 6.07 Å². The van der Waals surface area contributed by atoms with Crippen LogP contribution in [0.2, 0.25) is 0 Å². The molecular weight excluding hydrogens is 1070 g/mol. The molecule has 0 bridgehead atoms. The number of hydrogen-bond donors (Lipinski definition) is 0. The highest BCUT2D eigenvalue weighted by Crippen LogP contribution is 2.75. The van der Waals surface area contributed by atoms with Gasteiger partial charge in [0.1, 0.15) is 0 Å². The predicted octanol–water partition coefficient (Wildman–Crippen LogP) is 22.5. The van der Waals surface area contributed by atoms with Crippen LogP contribution in [0.5, 0.6) is 0 Å².